The number of nitriles is 1. The standard InChI is InChI=1S/C28H30N8/c1-19(30)13-31-14-21-8-9-34(15-21)25-6-7-26-24(10-25)17-35-16-23(22-4-2-20(12-29)3-5-22)11-27(35)28-33-32-18-36(26)28/h2-7,10-11,16,18-19,21,31H,8-9,13-15,17,30H2,1H3. The Morgan fingerprint density at radius 1 is 1.17 bits per heavy atom. The van der Waals surface area contributed by atoms with Crippen LogP contribution in [0.5, 0.6) is 0 Å². The molecule has 0 bridgehead atoms. The highest BCUT2D eigenvalue weighted by Gasteiger charge is 2.26. The van der Waals surface area contributed by atoms with Crippen molar-refractivity contribution in [2.45, 2.75) is 25.9 Å². The Hall–Kier alpha value is -3.93. The Morgan fingerprint density at radius 3 is 2.83 bits per heavy atom. The average molecular weight is 479 g/mol. The first kappa shape index (κ1) is 22.5. The van der Waals surface area contributed by atoms with E-state index in [1.165, 1.54) is 17.7 Å². The SMILES string of the molecule is CC(N)CNCC1CCN(c2ccc3c(c2)Cn2cc(-c4ccc(C#N)cc4)cc2-c2nncn2-3)C1. The largest absolute Gasteiger partial charge is 0.371 e. The Kier molecular flexibility index (Phi) is 5.80. The van der Waals surface area contributed by atoms with Gasteiger partial charge in [-0.3, -0.25) is 4.57 Å². The van der Waals surface area contributed by atoms with Crippen LogP contribution in [0.1, 0.15) is 24.5 Å². The van der Waals surface area contributed by atoms with Crippen LogP contribution >= 0.6 is 0 Å². The number of hydrogen-bond donors (Lipinski definition) is 2. The van der Waals surface area contributed by atoms with E-state index >= 15 is 0 Å². The van der Waals surface area contributed by atoms with Crippen molar-refractivity contribution < 1.29 is 0 Å². The summed E-state index contributed by atoms with van der Waals surface area (Å²) in [6.07, 6.45) is 5.16. The summed E-state index contributed by atoms with van der Waals surface area (Å²) < 4.78 is 4.35. The van der Waals surface area contributed by atoms with E-state index in [0.717, 1.165) is 61.1 Å². The van der Waals surface area contributed by atoms with E-state index in [4.69, 9.17) is 11.0 Å². The Bertz CT molecular complexity index is 1420. The molecule has 0 spiro atoms. The zero-order valence-corrected chi connectivity index (χ0v) is 20.4. The summed E-state index contributed by atoms with van der Waals surface area (Å²) in [6.45, 7) is 6.79. The van der Waals surface area contributed by atoms with Gasteiger partial charge < -0.3 is 20.5 Å². The molecule has 36 heavy (non-hydrogen) atoms. The lowest BCUT2D eigenvalue weighted by Crippen LogP contribution is -2.34. The number of rotatable bonds is 6. The Balaban J connectivity index is 1.29. The van der Waals surface area contributed by atoms with Crippen molar-refractivity contribution in [3.05, 3.63) is 72.2 Å². The number of nitrogens with one attached hydrogen (secondary N) is 1. The van der Waals surface area contributed by atoms with Crippen LogP contribution in [0.3, 0.4) is 0 Å². The van der Waals surface area contributed by atoms with Gasteiger partial charge in [-0.2, -0.15) is 5.26 Å². The van der Waals surface area contributed by atoms with Crippen molar-refractivity contribution in [1.82, 2.24) is 24.6 Å². The minimum atomic E-state index is 0.186. The molecule has 0 aliphatic carbocycles. The van der Waals surface area contributed by atoms with E-state index in [-0.39, 0.29) is 6.04 Å². The number of benzene rings is 2. The molecule has 2 aromatic carbocycles. The Morgan fingerprint density at radius 2 is 2.03 bits per heavy atom. The lowest BCUT2D eigenvalue weighted by Gasteiger charge is -2.21. The molecule has 0 saturated carbocycles. The van der Waals surface area contributed by atoms with Crippen molar-refractivity contribution in [3.8, 4) is 34.4 Å². The van der Waals surface area contributed by atoms with Crippen LogP contribution in [-0.4, -0.2) is 51.6 Å². The number of nitrogens with zero attached hydrogens (tertiary/aromatic N) is 6. The molecule has 2 aliphatic heterocycles. The van der Waals surface area contributed by atoms with Gasteiger partial charge in [-0.15, -0.1) is 10.2 Å². The van der Waals surface area contributed by atoms with Crippen molar-refractivity contribution in [2.75, 3.05) is 31.1 Å². The Labute approximate surface area is 211 Å². The molecule has 8 nitrogen and oxygen atoms in total. The van der Waals surface area contributed by atoms with E-state index in [9.17, 15) is 0 Å². The number of nitrogens with two attached hydrogens (primary N) is 1. The van der Waals surface area contributed by atoms with E-state index in [1.807, 2.05) is 31.2 Å². The van der Waals surface area contributed by atoms with Gasteiger partial charge in [-0.05, 0) is 73.3 Å². The average Bonchev–Trinajstić information content (AvgIpc) is 3.63. The third kappa shape index (κ3) is 4.17. The van der Waals surface area contributed by atoms with Crippen LogP contribution in [0.2, 0.25) is 0 Å². The highest BCUT2D eigenvalue weighted by Crippen LogP contribution is 2.35. The number of fused-ring (bicyclic) bond motifs is 5. The van der Waals surface area contributed by atoms with Crippen molar-refractivity contribution in [3.63, 3.8) is 0 Å². The molecular formula is C28H30N8. The zero-order chi connectivity index (χ0) is 24.6. The van der Waals surface area contributed by atoms with E-state index in [0.29, 0.717) is 11.5 Å². The van der Waals surface area contributed by atoms with Crippen molar-refractivity contribution >= 4 is 5.69 Å². The van der Waals surface area contributed by atoms with E-state index in [1.54, 1.807) is 6.33 Å². The van der Waals surface area contributed by atoms with Crippen LogP contribution in [0, 0.1) is 17.2 Å². The zero-order valence-electron chi connectivity index (χ0n) is 20.4. The maximum atomic E-state index is 9.13. The molecular weight excluding hydrogens is 448 g/mol. The molecule has 6 rings (SSSR count). The number of aromatic nitrogens is 4. The van der Waals surface area contributed by atoms with Gasteiger partial charge in [-0.25, -0.2) is 0 Å². The molecule has 2 aliphatic rings. The predicted octanol–water partition coefficient (Wildman–Crippen LogP) is 3.40. The summed E-state index contributed by atoms with van der Waals surface area (Å²) in [7, 11) is 0. The fourth-order valence-corrected chi connectivity index (χ4v) is 5.37. The van der Waals surface area contributed by atoms with Gasteiger partial charge in [0, 0.05) is 49.7 Å². The van der Waals surface area contributed by atoms with Gasteiger partial charge in [0.2, 0.25) is 0 Å². The first-order valence-corrected chi connectivity index (χ1v) is 12.5. The molecule has 182 valence electrons. The molecule has 0 radical (unpaired) electrons. The molecule has 0 amide bonds. The van der Waals surface area contributed by atoms with Crippen LogP contribution in [0.25, 0.3) is 28.3 Å². The highest BCUT2D eigenvalue weighted by atomic mass is 15.3. The second-order valence-electron chi connectivity index (χ2n) is 10.0. The van der Waals surface area contributed by atoms with Crippen molar-refractivity contribution in [1.29, 1.82) is 5.26 Å². The molecule has 3 N–H and O–H groups in total. The number of hydrogen-bond acceptors (Lipinski definition) is 6. The highest BCUT2D eigenvalue weighted by molar-refractivity contribution is 5.72. The van der Waals surface area contributed by atoms with Crippen molar-refractivity contribution in [2.24, 2.45) is 11.7 Å². The summed E-state index contributed by atoms with van der Waals surface area (Å²) in [5.74, 6) is 1.47. The molecule has 4 aromatic rings. The van der Waals surface area contributed by atoms with Gasteiger partial charge in [-0.1, -0.05) is 12.1 Å². The minimum Gasteiger partial charge on any atom is -0.371 e. The number of anilines is 1. The lowest BCUT2D eigenvalue weighted by molar-refractivity contribution is 0.499. The van der Waals surface area contributed by atoms with Crippen LogP contribution in [0.15, 0.2) is 61.1 Å². The third-order valence-electron chi connectivity index (χ3n) is 7.23. The fraction of sp³-hybridized carbons (Fsp3) is 0.321. The van der Waals surface area contributed by atoms with Crippen LogP contribution < -0.4 is 16.0 Å². The molecule has 1 saturated heterocycles. The first-order chi connectivity index (χ1) is 17.6. The molecule has 2 unspecified atom stereocenters. The second-order valence-corrected chi connectivity index (χ2v) is 10.0. The monoisotopic (exact) mass is 478 g/mol. The van der Waals surface area contributed by atoms with E-state index < -0.39 is 0 Å². The van der Waals surface area contributed by atoms with Gasteiger partial charge >= 0.3 is 0 Å². The summed E-state index contributed by atoms with van der Waals surface area (Å²) in [4.78, 5) is 2.50. The quantitative estimate of drug-likeness (QED) is 0.388. The van der Waals surface area contributed by atoms with Gasteiger partial charge in [0.25, 0.3) is 0 Å². The molecule has 2 aromatic heterocycles. The summed E-state index contributed by atoms with van der Waals surface area (Å²) in [5, 5.41) is 21.3. The van der Waals surface area contributed by atoms with Gasteiger partial charge in [0.15, 0.2) is 5.82 Å². The fourth-order valence-electron chi connectivity index (χ4n) is 5.37. The lowest BCUT2D eigenvalue weighted by atomic mass is 10.1. The maximum absolute atomic E-state index is 9.13. The van der Waals surface area contributed by atoms with Crippen LogP contribution in [-0.2, 0) is 6.54 Å². The predicted molar refractivity (Wildman–Crippen MR) is 141 cm³/mol. The normalized spacial score (nSPS) is 17.1. The molecule has 2 atom stereocenters. The van der Waals surface area contributed by atoms with E-state index in [2.05, 4.69) is 66.1 Å². The smallest absolute Gasteiger partial charge is 0.185 e. The summed E-state index contributed by atoms with van der Waals surface area (Å²) in [5.41, 5.74) is 13.4. The maximum Gasteiger partial charge on any atom is 0.185 e. The van der Waals surface area contributed by atoms with Gasteiger partial charge in [0.05, 0.1) is 23.0 Å². The molecule has 4 heterocycles. The summed E-state index contributed by atoms with van der Waals surface area (Å²) in [6, 6.07) is 19.0. The first-order valence-electron chi connectivity index (χ1n) is 12.5. The van der Waals surface area contributed by atoms with Crippen LogP contribution in [0.4, 0.5) is 5.69 Å². The minimum absolute atomic E-state index is 0.186. The summed E-state index contributed by atoms with van der Waals surface area (Å²) >= 11 is 0. The molecule has 8 heteroatoms. The molecule has 1 fully saturated rings. The third-order valence-corrected chi connectivity index (χ3v) is 7.23. The second kappa shape index (κ2) is 9.26. The van der Waals surface area contributed by atoms with Gasteiger partial charge in [0.1, 0.15) is 6.33 Å². The topological polar surface area (TPSA) is 101 Å².